The number of aromatic nitrogens is 3. The molecule has 0 radical (unpaired) electrons. The van der Waals surface area contributed by atoms with E-state index in [1.54, 1.807) is 15.3 Å². The van der Waals surface area contributed by atoms with Gasteiger partial charge in [0.1, 0.15) is 5.82 Å². The summed E-state index contributed by atoms with van der Waals surface area (Å²) in [5.41, 5.74) is 2.62. The number of fused-ring (bicyclic) bond motifs is 1. The lowest BCUT2D eigenvalue weighted by Crippen LogP contribution is -2.45. The van der Waals surface area contributed by atoms with E-state index in [1.807, 2.05) is 43.3 Å². The van der Waals surface area contributed by atoms with E-state index in [9.17, 15) is 9.59 Å². The fourth-order valence-corrected chi connectivity index (χ4v) is 4.37. The summed E-state index contributed by atoms with van der Waals surface area (Å²) in [5, 5.41) is 2.94. The molecule has 1 N–H and O–H groups in total. The van der Waals surface area contributed by atoms with E-state index < -0.39 is 0 Å². The summed E-state index contributed by atoms with van der Waals surface area (Å²) in [6, 6.07) is 11.7. The predicted molar refractivity (Wildman–Crippen MR) is 125 cm³/mol. The Kier molecular flexibility index (Phi) is 6.60. The van der Waals surface area contributed by atoms with Gasteiger partial charge in [-0.15, -0.1) is 0 Å². The number of anilines is 1. The van der Waals surface area contributed by atoms with Gasteiger partial charge in [-0.2, -0.15) is 0 Å². The number of carbonyl (C=O) groups excluding carboxylic acids is 1. The van der Waals surface area contributed by atoms with E-state index in [4.69, 9.17) is 4.74 Å². The van der Waals surface area contributed by atoms with Crippen molar-refractivity contribution in [2.24, 2.45) is 0 Å². The maximum Gasteiger partial charge on any atom is 0.329 e. The van der Waals surface area contributed by atoms with Gasteiger partial charge >= 0.3 is 5.69 Å². The Morgan fingerprint density at radius 3 is 2.41 bits per heavy atom. The van der Waals surface area contributed by atoms with Crippen LogP contribution in [0.4, 0.5) is 5.82 Å². The Morgan fingerprint density at radius 1 is 1.09 bits per heavy atom. The predicted octanol–water partition coefficient (Wildman–Crippen LogP) is 2.54. The highest BCUT2D eigenvalue weighted by molar-refractivity contribution is 5.78. The molecule has 1 aromatic carbocycles. The standard InChI is InChI=1S/C24H31N5O3/c1-4-28-20-7-5-6-8-21(20)29(24(28)31)12-11-23(30)26-14-19-9-10-22(25-13-19)27-15-17(2)32-18(3)16-27/h5-10,13,17-18H,4,11-12,14-16H2,1-3H3,(H,26,30). The van der Waals surface area contributed by atoms with E-state index >= 15 is 0 Å². The minimum Gasteiger partial charge on any atom is -0.372 e. The minimum atomic E-state index is -0.0925. The van der Waals surface area contributed by atoms with E-state index in [0.717, 1.165) is 35.5 Å². The second-order valence-electron chi connectivity index (χ2n) is 8.38. The number of carbonyl (C=O) groups is 1. The Balaban J connectivity index is 1.33. The highest BCUT2D eigenvalue weighted by atomic mass is 16.5. The van der Waals surface area contributed by atoms with E-state index in [-0.39, 0.29) is 30.2 Å². The largest absolute Gasteiger partial charge is 0.372 e. The van der Waals surface area contributed by atoms with Gasteiger partial charge in [-0.05, 0) is 44.5 Å². The summed E-state index contributed by atoms with van der Waals surface area (Å²) in [7, 11) is 0. The number of hydrogen-bond acceptors (Lipinski definition) is 5. The zero-order chi connectivity index (χ0) is 22.7. The van der Waals surface area contributed by atoms with E-state index in [1.165, 1.54) is 0 Å². The third-order valence-electron chi connectivity index (χ3n) is 5.85. The molecule has 1 fully saturated rings. The summed E-state index contributed by atoms with van der Waals surface area (Å²) in [5.74, 6) is 0.832. The van der Waals surface area contributed by atoms with Crippen LogP contribution in [0.2, 0.25) is 0 Å². The molecule has 4 rings (SSSR count). The summed E-state index contributed by atoms with van der Waals surface area (Å²) in [6.45, 7) is 9.09. The van der Waals surface area contributed by atoms with E-state index in [0.29, 0.717) is 19.6 Å². The molecular weight excluding hydrogens is 406 g/mol. The second kappa shape index (κ2) is 9.56. The number of aryl methyl sites for hydroxylation is 2. The highest BCUT2D eigenvalue weighted by Gasteiger charge is 2.23. The molecule has 1 aliphatic heterocycles. The molecule has 2 atom stereocenters. The third-order valence-corrected chi connectivity index (χ3v) is 5.85. The molecule has 8 heteroatoms. The maximum atomic E-state index is 12.7. The van der Waals surface area contributed by atoms with Gasteiger partial charge in [0.05, 0.1) is 23.2 Å². The summed E-state index contributed by atoms with van der Waals surface area (Å²) in [4.78, 5) is 31.9. The first kappa shape index (κ1) is 22.1. The molecule has 2 aromatic heterocycles. The number of amides is 1. The molecule has 0 saturated carbocycles. The summed E-state index contributed by atoms with van der Waals surface area (Å²) < 4.78 is 9.19. The van der Waals surface area contributed by atoms with Crippen LogP contribution in [-0.4, -0.2) is 45.3 Å². The number of pyridine rings is 1. The van der Waals surface area contributed by atoms with Gasteiger partial charge in [-0.1, -0.05) is 18.2 Å². The number of para-hydroxylation sites is 2. The molecular formula is C24H31N5O3. The molecule has 170 valence electrons. The Bertz CT molecular complexity index is 1120. The van der Waals surface area contributed by atoms with Crippen LogP contribution >= 0.6 is 0 Å². The van der Waals surface area contributed by atoms with Crippen molar-refractivity contribution in [2.75, 3.05) is 18.0 Å². The zero-order valence-corrected chi connectivity index (χ0v) is 19.0. The molecule has 8 nitrogen and oxygen atoms in total. The van der Waals surface area contributed by atoms with Crippen LogP contribution in [-0.2, 0) is 29.2 Å². The first-order chi connectivity index (χ1) is 15.5. The van der Waals surface area contributed by atoms with Crippen molar-refractivity contribution in [1.82, 2.24) is 19.4 Å². The molecule has 0 bridgehead atoms. The maximum absolute atomic E-state index is 12.7. The average Bonchev–Trinajstić information content (AvgIpc) is 3.06. The van der Waals surface area contributed by atoms with Gasteiger partial charge in [0.15, 0.2) is 0 Å². The number of ether oxygens (including phenoxy) is 1. The van der Waals surface area contributed by atoms with Crippen LogP contribution in [0.5, 0.6) is 0 Å². The first-order valence-corrected chi connectivity index (χ1v) is 11.3. The molecule has 32 heavy (non-hydrogen) atoms. The van der Waals surface area contributed by atoms with Crippen molar-refractivity contribution in [2.45, 2.75) is 59.0 Å². The van der Waals surface area contributed by atoms with Gasteiger partial charge in [0.25, 0.3) is 0 Å². The lowest BCUT2D eigenvalue weighted by atomic mass is 10.2. The minimum absolute atomic E-state index is 0.0759. The van der Waals surface area contributed by atoms with Gasteiger partial charge in [0.2, 0.25) is 5.91 Å². The Morgan fingerprint density at radius 2 is 1.78 bits per heavy atom. The van der Waals surface area contributed by atoms with Crippen molar-refractivity contribution < 1.29 is 9.53 Å². The van der Waals surface area contributed by atoms with Crippen molar-refractivity contribution >= 4 is 22.8 Å². The lowest BCUT2D eigenvalue weighted by Gasteiger charge is -2.36. The zero-order valence-electron chi connectivity index (χ0n) is 19.0. The van der Waals surface area contributed by atoms with Crippen LogP contribution < -0.4 is 15.9 Å². The SMILES string of the molecule is CCn1c(=O)n(CCC(=O)NCc2ccc(N3CC(C)OC(C)C3)nc2)c2ccccc21. The molecule has 1 aliphatic rings. The number of morpholine rings is 1. The molecule has 0 aliphatic carbocycles. The Labute approximate surface area is 187 Å². The van der Waals surface area contributed by atoms with Crippen molar-refractivity contribution in [3.8, 4) is 0 Å². The topological polar surface area (TPSA) is 81.4 Å². The smallest absolute Gasteiger partial charge is 0.329 e. The van der Waals surface area contributed by atoms with Gasteiger partial charge in [-0.25, -0.2) is 9.78 Å². The fourth-order valence-electron chi connectivity index (χ4n) is 4.37. The lowest BCUT2D eigenvalue weighted by molar-refractivity contribution is -0.121. The monoisotopic (exact) mass is 437 g/mol. The highest BCUT2D eigenvalue weighted by Crippen LogP contribution is 2.18. The van der Waals surface area contributed by atoms with Crippen LogP contribution in [0, 0.1) is 0 Å². The number of hydrogen-bond donors (Lipinski definition) is 1. The number of benzene rings is 1. The van der Waals surface area contributed by atoms with Gasteiger partial charge in [-0.3, -0.25) is 13.9 Å². The summed E-state index contributed by atoms with van der Waals surface area (Å²) in [6.07, 6.45) is 2.41. The fraction of sp³-hybridized carbons (Fsp3) is 0.458. The molecule has 1 amide bonds. The van der Waals surface area contributed by atoms with E-state index in [2.05, 4.69) is 29.0 Å². The number of imidazole rings is 1. The van der Waals surface area contributed by atoms with Crippen molar-refractivity contribution in [1.29, 1.82) is 0 Å². The number of nitrogens with zero attached hydrogens (tertiary/aromatic N) is 4. The third kappa shape index (κ3) is 4.70. The average molecular weight is 438 g/mol. The van der Waals surface area contributed by atoms with Gasteiger partial charge in [0, 0.05) is 45.3 Å². The van der Waals surface area contributed by atoms with Crippen molar-refractivity contribution in [3.05, 3.63) is 58.6 Å². The number of rotatable bonds is 7. The molecule has 1 saturated heterocycles. The summed E-state index contributed by atoms with van der Waals surface area (Å²) >= 11 is 0. The quantitative estimate of drug-likeness (QED) is 0.614. The van der Waals surface area contributed by atoms with Crippen LogP contribution in [0.25, 0.3) is 11.0 Å². The van der Waals surface area contributed by atoms with Crippen LogP contribution in [0.15, 0.2) is 47.4 Å². The molecule has 3 heterocycles. The molecule has 2 unspecified atom stereocenters. The second-order valence-corrected chi connectivity index (χ2v) is 8.38. The normalized spacial score (nSPS) is 18.8. The first-order valence-electron chi connectivity index (χ1n) is 11.3. The van der Waals surface area contributed by atoms with Crippen LogP contribution in [0.1, 0.15) is 32.8 Å². The number of nitrogens with one attached hydrogen (secondary N) is 1. The molecule has 0 spiro atoms. The Hall–Kier alpha value is -3.13. The molecule has 3 aromatic rings. The van der Waals surface area contributed by atoms with Crippen molar-refractivity contribution in [3.63, 3.8) is 0 Å². The van der Waals surface area contributed by atoms with Crippen LogP contribution in [0.3, 0.4) is 0 Å². The van der Waals surface area contributed by atoms with Gasteiger partial charge < -0.3 is 15.0 Å².